The molecular weight excluding hydrogens is 182 g/mol. The van der Waals surface area contributed by atoms with Crippen LogP contribution in [0.1, 0.15) is 15.9 Å². The number of carbonyl (C=O) groups is 2. The summed E-state index contributed by atoms with van der Waals surface area (Å²) in [6, 6.07) is 4.44. The lowest BCUT2D eigenvalue weighted by molar-refractivity contribution is 0.0966. The van der Waals surface area contributed by atoms with Crippen molar-refractivity contribution in [2.45, 2.75) is 6.54 Å². The van der Waals surface area contributed by atoms with E-state index in [1.54, 1.807) is 18.2 Å². The summed E-state index contributed by atoms with van der Waals surface area (Å²) in [6.07, 6.45) is 0. The number of hydrogen-bond donors (Lipinski definition) is 3. The molecule has 72 valence electrons. The zero-order valence-corrected chi connectivity index (χ0v) is 7.33. The maximum absolute atomic E-state index is 11.2. The predicted octanol–water partition coefficient (Wildman–Crippen LogP) is 0.421. The second kappa shape index (κ2) is 3.02. The van der Waals surface area contributed by atoms with E-state index in [9.17, 15) is 9.59 Å². The molecule has 0 atom stereocenters. The van der Waals surface area contributed by atoms with E-state index in [1.165, 1.54) is 0 Å². The smallest absolute Gasteiger partial charge is 0.316 e. The van der Waals surface area contributed by atoms with Gasteiger partial charge < -0.3 is 16.4 Å². The minimum atomic E-state index is -0.609. The molecule has 0 spiro atoms. The monoisotopic (exact) mass is 191 g/mol. The molecular formula is C9H9N3O2. The molecule has 0 bridgehead atoms. The van der Waals surface area contributed by atoms with Gasteiger partial charge in [-0.2, -0.15) is 0 Å². The highest BCUT2D eigenvalue weighted by molar-refractivity contribution is 5.99. The fourth-order valence-corrected chi connectivity index (χ4v) is 1.45. The van der Waals surface area contributed by atoms with Crippen molar-refractivity contribution in [2.75, 3.05) is 5.32 Å². The number of hydrogen-bond acceptors (Lipinski definition) is 2. The van der Waals surface area contributed by atoms with Gasteiger partial charge in [0.1, 0.15) is 0 Å². The normalized spacial score (nSPS) is 13.3. The lowest BCUT2D eigenvalue weighted by atomic mass is 10.1. The number of primary amides is 1. The molecule has 3 amide bonds. The largest absolute Gasteiger partial charge is 0.351 e. The summed E-state index contributed by atoms with van der Waals surface area (Å²) < 4.78 is 0. The van der Waals surface area contributed by atoms with Crippen molar-refractivity contribution in [3.63, 3.8) is 0 Å². The third-order valence-electron chi connectivity index (χ3n) is 2.06. The second-order valence-corrected chi connectivity index (χ2v) is 3.04. The van der Waals surface area contributed by atoms with Crippen LogP contribution < -0.4 is 16.4 Å². The standard InChI is InChI=1S/C9H9N3O2/c10-9(14)12-6-1-2-7-5(3-6)4-11-8(7)13/h1-3H,4H2,(H,11,13)(H3,10,12,14). The van der Waals surface area contributed by atoms with Crippen molar-refractivity contribution < 1.29 is 9.59 Å². The minimum absolute atomic E-state index is 0.0781. The molecule has 5 nitrogen and oxygen atoms in total. The van der Waals surface area contributed by atoms with Crippen LogP contribution in [0.15, 0.2) is 18.2 Å². The van der Waals surface area contributed by atoms with E-state index in [0.29, 0.717) is 17.8 Å². The molecule has 0 fully saturated rings. The molecule has 1 aromatic carbocycles. The molecule has 1 aromatic rings. The van der Waals surface area contributed by atoms with Gasteiger partial charge in [-0.3, -0.25) is 4.79 Å². The van der Waals surface area contributed by atoms with Crippen molar-refractivity contribution >= 4 is 17.6 Å². The molecule has 1 aliphatic heterocycles. The SMILES string of the molecule is NC(=O)Nc1ccc2c(c1)CNC2=O. The van der Waals surface area contributed by atoms with Gasteiger partial charge >= 0.3 is 6.03 Å². The molecule has 14 heavy (non-hydrogen) atoms. The Morgan fingerprint density at radius 3 is 3.00 bits per heavy atom. The van der Waals surface area contributed by atoms with E-state index in [4.69, 9.17) is 5.73 Å². The minimum Gasteiger partial charge on any atom is -0.351 e. The predicted molar refractivity (Wildman–Crippen MR) is 50.8 cm³/mol. The molecule has 0 aromatic heterocycles. The zero-order chi connectivity index (χ0) is 10.1. The van der Waals surface area contributed by atoms with E-state index in [2.05, 4.69) is 10.6 Å². The Morgan fingerprint density at radius 1 is 1.50 bits per heavy atom. The third-order valence-corrected chi connectivity index (χ3v) is 2.06. The number of anilines is 1. The van der Waals surface area contributed by atoms with Crippen molar-refractivity contribution in [2.24, 2.45) is 5.73 Å². The molecule has 2 rings (SSSR count). The van der Waals surface area contributed by atoms with E-state index >= 15 is 0 Å². The van der Waals surface area contributed by atoms with Crippen LogP contribution in [0.5, 0.6) is 0 Å². The first kappa shape index (κ1) is 8.55. The summed E-state index contributed by atoms with van der Waals surface area (Å²) in [5.41, 5.74) is 7.10. The average Bonchev–Trinajstić information content (AvgIpc) is 2.46. The number of nitrogens with two attached hydrogens (primary N) is 1. The Balaban J connectivity index is 2.32. The molecule has 0 radical (unpaired) electrons. The van der Waals surface area contributed by atoms with Crippen LogP contribution in [0.2, 0.25) is 0 Å². The number of nitrogens with one attached hydrogen (secondary N) is 2. The Hall–Kier alpha value is -2.04. The van der Waals surface area contributed by atoms with Crippen molar-refractivity contribution in [1.82, 2.24) is 5.32 Å². The van der Waals surface area contributed by atoms with Gasteiger partial charge in [-0.1, -0.05) is 0 Å². The van der Waals surface area contributed by atoms with Gasteiger partial charge in [-0.05, 0) is 23.8 Å². The van der Waals surface area contributed by atoms with Crippen LogP contribution in [-0.4, -0.2) is 11.9 Å². The Bertz CT molecular complexity index is 415. The highest BCUT2D eigenvalue weighted by atomic mass is 16.2. The Labute approximate surface area is 80.3 Å². The lowest BCUT2D eigenvalue weighted by Crippen LogP contribution is -2.19. The number of urea groups is 1. The number of rotatable bonds is 1. The quantitative estimate of drug-likeness (QED) is 0.601. The molecule has 5 heteroatoms. The van der Waals surface area contributed by atoms with Crippen LogP contribution in [0.3, 0.4) is 0 Å². The van der Waals surface area contributed by atoms with Gasteiger partial charge in [0.2, 0.25) is 0 Å². The molecule has 1 heterocycles. The van der Waals surface area contributed by atoms with Crippen LogP contribution >= 0.6 is 0 Å². The van der Waals surface area contributed by atoms with Crippen LogP contribution in [0, 0.1) is 0 Å². The van der Waals surface area contributed by atoms with Crippen molar-refractivity contribution in [1.29, 1.82) is 0 Å². The maximum Gasteiger partial charge on any atom is 0.316 e. The highest BCUT2D eigenvalue weighted by Gasteiger charge is 2.18. The van der Waals surface area contributed by atoms with Crippen molar-refractivity contribution in [3.05, 3.63) is 29.3 Å². The van der Waals surface area contributed by atoms with E-state index in [-0.39, 0.29) is 5.91 Å². The van der Waals surface area contributed by atoms with E-state index < -0.39 is 6.03 Å². The first-order chi connectivity index (χ1) is 6.66. The molecule has 4 N–H and O–H groups in total. The van der Waals surface area contributed by atoms with Gasteiger partial charge in [0.15, 0.2) is 0 Å². The maximum atomic E-state index is 11.2. The van der Waals surface area contributed by atoms with Gasteiger partial charge in [-0.25, -0.2) is 4.79 Å². The fraction of sp³-hybridized carbons (Fsp3) is 0.111. The topological polar surface area (TPSA) is 84.2 Å². The first-order valence-electron chi connectivity index (χ1n) is 4.14. The summed E-state index contributed by atoms with van der Waals surface area (Å²) in [5.74, 6) is -0.0781. The second-order valence-electron chi connectivity index (χ2n) is 3.04. The molecule has 1 aliphatic rings. The number of fused-ring (bicyclic) bond motifs is 1. The third kappa shape index (κ3) is 1.39. The first-order valence-corrected chi connectivity index (χ1v) is 4.14. The summed E-state index contributed by atoms with van der Waals surface area (Å²) in [6.45, 7) is 0.502. The van der Waals surface area contributed by atoms with Crippen molar-refractivity contribution in [3.8, 4) is 0 Å². The Morgan fingerprint density at radius 2 is 2.29 bits per heavy atom. The Kier molecular flexibility index (Phi) is 1.85. The summed E-state index contributed by atoms with van der Waals surface area (Å²) in [4.78, 5) is 21.7. The molecule has 0 unspecified atom stereocenters. The van der Waals surface area contributed by atoms with Gasteiger partial charge in [0, 0.05) is 17.8 Å². The van der Waals surface area contributed by atoms with E-state index in [1.807, 2.05) is 0 Å². The fourth-order valence-electron chi connectivity index (χ4n) is 1.45. The molecule has 0 saturated heterocycles. The van der Waals surface area contributed by atoms with Crippen LogP contribution in [0.25, 0.3) is 0 Å². The van der Waals surface area contributed by atoms with Gasteiger partial charge in [0.25, 0.3) is 5.91 Å². The van der Waals surface area contributed by atoms with Gasteiger partial charge in [-0.15, -0.1) is 0 Å². The molecule has 0 aliphatic carbocycles. The van der Waals surface area contributed by atoms with Crippen LogP contribution in [-0.2, 0) is 6.54 Å². The zero-order valence-electron chi connectivity index (χ0n) is 7.33. The number of benzene rings is 1. The van der Waals surface area contributed by atoms with Gasteiger partial charge in [0.05, 0.1) is 0 Å². The highest BCUT2D eigenvalue weighted by Crippen LogP contribution is 2.19. The summed E-state index contributed by atoms with van der Waals surface area (Å²) in [5, 5.41) is 5.13. The molecule has 0 saturated carbocycles. The van der Waals surface area contributed by atoms with E-state index in [0.717, 1.165) is 5.56 Å². The average molecular weight is 191 g/mol. The van der Waals surface area contributed by atoms with Crippen LogP contribution in [0.4, 0.5) is 10.5 Å². The number of amides is 3. The number of carbonyl (C=O) groups excluding carboxylic acids is 2. The lowest BCUT2D eigenvalue weighted by Gasteiger charge is -2.02. The summed E-state index contributed by atoms with van der Waals surface area (Å²) >= 11 is 0. The summed E-state index contributed by atoms with van der Waals surface area (Å²) in [7, 11) is 0.